The molecule has 0 saturated heterocycles. The quantitative estimate of drug-likeness (QED) is 0.594. The average Bonchev–Trinajstić information content (AvgIpc) is 3.02. The summed E-state index contributed by atoms with van der Waals surface area (Å²) < 4.78 is 29.9. The SMILES string of the molecule is Cc1cccc(C(=O)OCC(=O)c2ccc3c(c2)CCN3S(C)(=O)=O)c1. The fourth-order valence-electron chi connectivity index (χ4n) is 2.96. The second kappa shape index (κ2) is 6.92. The number of anilines is 1. The summed E-state index contributed by atoms with van der Waals surface area (Å²) in [6.07, 6.45) is 1.71. The number of carbonyl (C=O) groups excluding carboxylic acids is 2. The maximum atomic E-state index is 12.3. The van der Waals surface area contributed by atoms with Crippen LogP contribution in [0.2, 0.25) is 0 Å². The predicted molar refractivity (Wildman–Crippen MR) is 98.1 cm³/mol. The van der Waals surface area contributed by atoms with E-state index in [4.69, 9.17) is 4.74 Å². The lowest BCUT2D eigenvalue weighted by molar-refractivity contribution is 0.0474. The zero-order valence-electron chi connectivity index (χ0n) is 14.6. The lowest BCUT2D eigenvalue weighted by Crippen LogP contribution is -2.27. The lowest BCUT2D eigenvalue weighted by Gasteiger charge is -2.16. The van der Waals surface area contributed by atoms with Crippen molar-refractivity contribution in [2.45, 2.75) is 13.3 Å². The summed E-state index contributed by atoms with van der Waals surface area (Å²) in [5, 5.41) is 0. The van der Waals surface area contributed by atoms with Crippen molar-refractivity contribution in [3.05, 3.63) is 64.7 Å². The molecule has 3 rings (SSSR count). The molecule has 26 heavy (non-hydrogen) atoms. The van der Waals surface area contributed by atoms with E-state index in [1.165, 1.54) is 4.31 Å². The van der Waals surface area contributed by atoms with Gasteiger partial charge in [0.1, 0.15) is 0 Å². The zero-order valence-corrected chi connectivity index (χ0v) is 15.4. The second-order valence-corrected chi connectivity index (χ2v) is 8.20. The predicted octanol–water partition coefficient (Wildman–Crippen LogP) is 2.36. The first-order chi connectivity index (χ1) is 12.3. The van der Waals surface area contributed by atoms with Crippen LogP contribution in [0.3, 0.4) is 0 Å². The fraction of sp³-hybridized carbons (Fsp3) is 0.263. The highest BCUT2D eigenvalue weighted by Gasteiger charge is 2.26. The highest BCUT2D eigenvalue weighted by molar-refractivity contribution is 7.92. The monoisotopic (exact) mass is 373 g/mol. The summed E-state index contributed by atoms with van der Waals surface area (Å²) in [7, 11) is -3.33. The number of hydrogen-bond donors (Lipinski definition) is 0. The van der Waals surface area contributed by atoms with E-state index in [-0.39, 0.29) is 12.4 Å². The van der Waals surface area contributed by atoms with Crippen molar-refractivity contribution in [1.29, 1.82) is 0 Å². The third-order valence-electron chi connectivity index (χ3n) is 4.24. The van der Waals surface area contributed by atoms with Gasteiger partial charge in [-0.05, 0) is 49.2 Å². The number of carbonyl (C=O) groups is 2. The number of aryl methyl sites for hydroxylation is 1. The van der Waals surface area contributed by atoms with Crippen molar-refractivity contribution in [2.75, 3.05) is 23.7 Å². The van der Waals surface area contributed by atoms with Gasteiger partial charge in [-0.1, -0.05) is 17.7 Å². The molecule has 6 nitrogen and oxygen atoms in total. The van der Waals surface area contributed by atoms with Crippen LogP contribution in [0.25, 0.3) is 0 Å². The number of nitrogens with zero attached hydrogens (tertiary/aromatic N) is 1. The first-order valence-corrected chi connectivity index (χ1v) is 9.98. The Balaban J connectivity index is 1.69. The number of rotatable bonds is 5. The van der Waals surface area contributed by atoms with Gasteiger partial charge in [0.05, 0.1) is 17.5 Å². The Morgan fingerprint density at radius 3 is 2.58 bits per heavy atom. The van der Waals surface area contributed by atoms with Crippen LogP contribution in [0.5, 0.6) is 0 Å². The summed E-state index contributed by atoms with van der Waals surface area (Å²) in [4.78, 5) is 24.3. The van der Waals surface area contributed by atoms with Crippen LogP contribution < -0.4 is 4.31 Å². The molecule has 1 heterocycles. The van der Waals surface area contributed by atoms with Crippen molar-refractivity contribution in [3.8, 4) is 0 Å². The number of esters is 1. The van der Waals surface area contributed by atoms with Gasteiger partial charge in [-0.2, -0.15) is 0 Å². The maximum Gasteiger partial charge on any atom is 0.338 e. The maximum absolute atomic E-state index is 12.3. The van der Waals surface area contributed by atoms with Gasteiger partial charge in [-0.3, -0.25) is 9.10 Å². The van der Waals surface area contributed by atoms with Crippen molar-refractivity contribution in [3.63, 3.8) is 0 Å². The summed E-state index contributed by atoms with van der Waals surface area (Å²) >= 11 is 0. The second-order valence-electron chi connectivity index (χ2n) is 6.30. The van der Waals surface area contributed by atoms with Crippen molar-refractivity contribution < 1.29 is 22.7 Å². The minimum Gasteiger partial charge on any atom is -0.454 e. The van der Waals surface area contributed by atoms with Crippen molar-refractivity contribution in [2.24, 2.45) is 0 Å². The topological polar surface area (TPSA) is 80.8 Å². The molecule has 136 valence electrons. The molecule has 0 aliphatic carbocycles. The van der Waals surface area contributed by atoms with Crippen LogP contribution in [0.1, 0.15) is 31.8 Å². The van der Waals surface area contributed by atoms with E-state index in [9.17, 15) is 18.0 Å². The number of benzene rings is 2. The van der Waals surface area contributed by atoms with Crippen LogP contribution >= 0.6 is 0 Å². The molecule has 0 N–H and O–H groups in total. The molecular weight excluding hydrogens is 354 g/mol. The fourth-order valence-corrected chi connectivity index (χ4v) is 3.92. The van der Waals surface area contributed by atoms with Gasteiger partial charge in [-0.15, -0.1) is 0 Å². The minimum absolute atomic E-state index is 0.327. The molecule has 7 heteroatoms. The summed E-state index contributed by atoms with van der Waals surface area (Å²) in [5.41, 5.74) is 3.12. The molecule has 0 bridgehead atoms. The van der Waals surface area contributed by atoms with E-state index in [2.05, 4.69) is 0 Å². The lowest BCUT2D eigenvalue weighted by atomic mass is 10.1. The standard InChI is InChI=1S/C19H19NO5S/c1-13-4-3-5-16(10-13)19(22)25-12-18(21)15-6-7-17-14(11-15)8-9-20(17)26(2,23)24/h3-7,10-11H,8-9,12H2,1-2H3. The Bertz CT molecular complexity index is 981. The van der Waals surface area contributed by atoms with Gasteiger partial charge < -0.3 is 4.74 Å². The molecule has 0 fully saturated rings. The summed E-state index contributed by atoms with van der Waals surface area (Å²) in [5.74, 6) is -0.877. The molecule has 0 spiro atoms. The highest BCUT2D eigenvalue weighted by atomic mass is 32.2. The van der Waals surface area contributed by atoms with Crippen LogP contribution in [-0.2, 0) is 21.2 Å². The van der Waals surface area contributed by atoms with Gasteiger partial charge >= 0.3 is 5.97 Å². The number of fused-ring (bicyclic) bond motifs is 1. The molecule has 2 aromatic rings. The Hall–Kier alpha value is -2.67. The van der Waals surface area contributed by atoms with E-state index in [1.54, 1.807) is 36.4 Å². The molecule has 0 amide bonds. The normalized spacial score (nSPS) is 13.4. The van der Waals surface area contributed by atoms with Crippen molar-refractivity contribution in [1.82, 2.24) is 0 Å². The molecular formula is C19H19NO5S. The van der Waals surface area contributed by atoms with E-state index in [0.717, 1.165) is 17.4 Å². The zero-order chi connectivity index (χ0) is 18.9. The Kier molecular flexibility index (Phi) is 4.82. The highest BCUT2D eigenvalue weighted by Crippen LogP contribution is 2.30. The van der Waals surface area contributed by atoms with Crippen LogP contribution in [0.15, 0.2) is 42.5 Å². The third-order valence-corrected chi connectivity index (χ3v) is 5.42. The number of ether oxygens (including phenoxy) is 1. The summed E-state index contributed by atoms with van der Waals surface area (Å²) in [6.45, 7) is 1.88. The van der Waals surface area contributed by atoms with Gasteiger partial charge in [0, 0.05) is 12.1 Å². The molecule has 0 atom stereocenters. The first-order valence-electron chi connectivity index (χ1n) is 8.13. The number of Topliss-reactive ketones (excluding diaryl/α,β-unsaturated/α-hetero) is 1. The van der Waals surface area contributed by atoms with E-state index < -0.39 is 16.0 Å². The Morgan fingerprint density at radius 2 is 1.88 bits per heavy atom. The van der Waals surface area contributed by atoms with Crippen molar-refractivity contribution >= 4 is 27.5 Å². The van der Waals surface area contributed by atoms with Crippen LogP contribution in [0, 0.1) is 6.92 Å². The van der Waals surface area contributed by atoms with Gasteiger partial charge in [-0.25, -0.2) is 13.2 Å². The molecule has 1 aliphatic heterocycles. The molecule has 1 aliphatic rings. The number of ketones is 1. The molecule has 0 radical (unpaired) electrons. The van der Waals surface area contributed by atoms with Gasteiger partial charge in [0.25, 0.3) is 0 Å². The smallest absolute Gasteiger partial charge is 0.338 e. The molecule has 0 unspecified atom stereocenters. The number of hydrogen-bond acceptors (Lipinski definition) is 5. The summed E-state index contributed by atoms with van der Waals surface area (Å²) in [6, 6.07) is 11.8. The van der Waals surface area contributed by atoms with Gasteiger partial charge in [0.2, 0.25) is 10.0 Å². The van der Waals surface area contributed by atoms with E-state index >= 15 is 0 Å². The minimum atomic E-state index is -3.33. The molecule has 0 saturated carbocycles. The molecule has 2 aromatic carbocycles. The Labute approximate surface area is 152 Å². The largest absolute Gasteiger partial charge is 0.454 e. The van der Waals surface area contributed by atoms with Crippen LogP contribution in [-0.4, -0.2) is 39.6 Å². The molecule has 0 aromatic heterocycles. The number of sulfonamides is 1. The van der Waals surface area contributed by atoms with Gasteiger partial charge in [0.15, 0.2) is 12.4 Å². The Morgan fingerprint density at radius 1 is 1.12 bits per heavy atom. The van der Waals surface area contributed by atoms with E-state index in [1.807, 2.05) is 13.0 Å². The third kappa shape index (κ3) is 3.77. The van der Waals surface area contributed by atoms with E-state index in [0.29, 0.717) is 29.8 Å². The van der Waals surface area contributed by atoms with Crippen LogP contribution in [0.4, 0.5) is 5.69 Å². The average molecular weight is 373 g/mol. The first kappa shape index (κ1) is 18.1.